The standard InChI is InChI=1S/C16H22ClN3S/c1-4-13(18)7-12-5-6-14(8-15(12)17)20(3)9-16-11(2)19-10-21-16/h5-6,8,10,13H,4,7,9,18H2,1-3H3. The van der Waals surface area contributed by atoms with Crippen LogP contribution in [0.15, 0.2) is 23.7 Å². The van der Waals surface area contributed by atoms with Gasteiger partial charge in [0.15, 0.2) is 0 Å². The van der Waals surface area contributed by atoms with E-state index < -0.39 is 0 Å². The van der Waals surface area contributed by atoms with Crippen molar-refractivity contribution in [1.29, 1.82) is 0 Å². The first-order valence-electron chi connectivity index (χ1n) is 7.15. The summed E-state index contributed by atoms with van der Waals surface area (Å²) < 4.78 is 0. The Hall–Kier alpha value is -1.10. The molecule has 0 fully saturated rings. The van der Waals surface area contributed by atoms with E-state index in [0.29, 0.717) is 0 Å². The van der Waals surface area contributed by atoms with Crippen LogP contribution in [0.3, 0.4) is 0 Å². The van der Waals surface area contributed by atoms with Crippen LogP contribution >= 0.6 is 22.9 Å². The number of hydrogen-bond acceptors (Lipinski definition) is 4. The van der Waals surface area contributed by atoms with Gasteiger partial charge in [-0.3, -0.25) is 0 Å². The van der Waals surface area contributed by atoms with Crippen molar-refractivity contribution in [3.8, 4) is 0 Å². The molecule has 114 valence electrons. The molecule has 1 aromatic carbocycles. The molecule has 3 nitrogen and oxygen atoms in total. The van der Waals surface area contributed by atoms with Crippen molar-refractivity contribution in [1.82, 2.24) is 4.98 Å². The monoisotopic (exact) mass is 323 g/mol. The molecule has 1 unspecified atom stereocenters. The molecule has 21 heavy (non-hydrogen) atoms. The van der Waals surface area contributed by atoms with Crippen molar-refractivity contribution in [2.24, 2.45) is 5.73 Å². The first kappa shape index (κ1) is 16.3. The van der Waals surface area contributed by atoms with Gasteiger partial charge < -0.3 is 10.6 Å². The molecule has 2 aromatic rings. The Bertz CT molecular complexity index is 597. The number of hydrogen-bond donors (Lipinski definition) is 1. The molecule has 2 rings (SSSR count). The van der Waals surface area contributed by atoms with E-state index in [2.05, 4.69) is 36.0 Å². The fourth-order valence-corrected chi connectivity index (χ4v) is 3.23. The third-order valence-electron chi connectivity index (χ3n) is 3.71. The predicted octanol–water partition coefficient (Wildman–Crippen LogP) is 4.02. The van der Waals surface area contributed by atoms with E-state index in [0.717, 1.165) is 41.4 Å². The molecule has 0 radical (unpaired) electrons. The summed E-state index contributed by atoms with van der Waals surface area (Å²) >= 11 is 8.08. The summed E-state index contributed by atoms with van der Waals surface area (Å²) in [7, 11) is 2.07. The first-order valence-corrected chi connectivity index (χ1v) is 8.41. The number of benzene rings is 1. The van der Waals surface area contributed by atoms with Gasteiger partial charge in [-0.15, -0.1) is 11.3 Å². The largest absolute Gasteiger partial charge is 0.369 e. The molecule has 5 heteroatoms. The lowest BCUT2D eigenvalue weighted by Crippen LogP contribution is -2.21. The number of thiazole rings is 1. The van der Waals surface area contributed by atoms with E-state index in [4.69, 9.17) is 17.3 Å². The molecule has 0 aliphatic rings. The zero-order valence-electron chi connectivity index (χ0n) is 12.8. The maximum atomic E-state index is 6.40. The molecule has 0 bridgehead atoms. The predicted molar refractivity (Wildman–Crippen MR) is 92.4 cm³/mol. The highest BCUT2D eigenvalue weighted by molar-refractivity contribution is 7.09. The van der Waals surface area contributed by atoms with Gasteiger partial charge in [0.05, 0.1) is 17.7 Å². The Morgan fingerprint density at radius 2 is 2.19 bits per heavy atom. The van der Waals surface area contributed by atoms with E-state index in [1.807, 2.05) is 18.5 Å². The Kier molecular flexibility index (Phi) is 5.62. The van der Waals surface area contributed by atoms with Crippen LogP contribution in [-0.2, 0) is 13.0 Å². The van der Waals surface area contributed by atoms with Gasteiger partial charge in [0.1, 0.15) is 0 Å². The highest BCUT2D eigenvalue weighted by Gasteiger charge is 2.10. The molecular weight excluding hydrogens is 302 g/mol. The molecule has 1 aromatic heterocycles. The minimum absolute atomic E-state index is 0.172. The zero-order chi connectivity index (χ0) is 15.4. The molecule has 1 atom stereocenters. The topological polar surface area (TPSA) is 42.1 Å². The van der Waals surface area contributed by atoms with Gasteiger partial charge >= 0.3 is 0 Å². The third-order valence-corrected chi connectivity index (χ3v) is 4.98. The maximum absolute atomic E-state index is 6.40. The van der Waals surface area contributed by atoms with Crippen molar-refractivity contribution in [2.45, 2.75) is 39.3 Å². The normalized spacial score (nSPS) is 12.4. The molecule has 0 spiro atoms. The smallest absolute Gasteiger partial charge is 0.0798 e. The van der Waals surface area contributed by atoms with Crippen LogP contribution < -0.4 is 10.6 Å². The molecular formula is C16H22ClN3S. The van der Waals surface area contributed by atoms with Crippen LogP contribution in [-0.4, -0.2) is 18.1 Å². The van der Waals surface area contributed by atoms with Crippen LogP contribution in [0.25, 0.3) is 0 Å². The SMILES string of the molecule is CCC(N)Cc1ccc(N(C)Cc2scnc2C)cc1Cl. The lowest BCUT2D eigenvalue weighted by atomic mass is 10.0. The van der Waals surface area contributed by atoms with E-state index in [-0.39, 0.29) is 6.04 Å². The second kappa shape index (κ2) is 7.25. The number of anilines is 1. The molecule has 0 aliphatic carbocycles. The quantitative estimate of drug-likeness (QED) is 0.873. The molecule has 2 N–H and O–H groups in total. The second-order valence-electron chi connectivity index (χ2n) is 5.37. The van der Waals surface area contributed by atoms with E-state index in [1.165, 1.54) is 4.88 Å². The van der Waals surface area contributed by atoms with Gasteiger partial charge in [-0.1, -0.05) is 24.6 Å². The molecule has 0 aliphatic heterocycles. The van der Waals surface area contributed by atoms with Crippen LogP contribution in [0.1, 0.15) is 29.5 Å². The number of halogens is 1. The minimum atomic E-state index is 0.172. The van der Waals surface area contributed by atoms with Crippen molar-refractivity contribution in [2.75, 3.05) is 11.9 Å². The number of rotatable bonds is 6. The third kappa shape index (κ3) is 4.19. The highest BCUT2D eigenvalue weighted by Crippen LogP contribution is 2.26. The Labute approximate surface area is 135 Å². The summed E-state index contributed by atoms with van der Waals surface area (Å²) in [5, 5.41) is 0.796. The molecule has 0 amide bonds. The second-order valence-corrected chi connectivity index (χ2v) is 6.71. The van der Waals surface area contributed by atoms with Gasteiger partial charge in [0.2, 0.25) is 0 Å². The Balaban J connectivity index is 2.10. The minimum Gasteiger partial charge on any atom is -0.369 e. The van der Waals surface area contributed by atoms with Gasteiger partial charge in [-0.05, 0) is 37.5 Å². The van der Waals surface area contributed by atoms with Crippen LogP contribution in [0, 0.1) is 6.92 Å². The van der Waals surface area contributed by atoms with E-state index in [9.17, 15) is 0 Å². The lowest BCUT2D eigenvalue weighted by Gasteiger charge is -2.20. The van der Waals surface area contributed by atoms with Gasteiger partial charge in [0.25, 0.3) is 0 Å². The van der Waals surface area contributed by atoms with Gasteiger partial charge in [-0.2, -0.15) is 0 Å². The molecule has 0 saturated heterocycles. The van der Waals surface area contributed by atoms with Crippen LogP contribution in [0.2, 0.25) is 5.02 Å². The van der Waals surface area contributed by atoms with E-state index >= 15 is 0 Å². The summed E-state index contributed by atoms with van der Waals surface area (Å²) in [5.41, 5.74) is 11.2. The summed E-state index contributed by atoms with van der Waals surface area (Å²) in [4.78, 5) is 7.76. The number of nitrogens with two attached hydrogens (primary N) is 1. The maximum Gasteiger partial charge on any atom is 0.0798 e. The van der Waals surface area contributed by atoms with Crippen molar-refractivity contribution in [3.63, 3.8) is 0 Å². The van der Waals surface area contributed by atoms with E-state index in [1.54, 1.807) is 11.3 Å². The van der Waals surface area contributed by atoms with Gasteiger partial charge in [0, 0.05) is 28.7 Å². The Morgan fingerprint density at radius 1 is 1.43 bits per heavy atom. The fraction of sp³-hybridized carbons (Fsp3) is 0.438. The van der Waals surface area contributed by atoms with Crippen molar-refractivity contribution < 1.29 is 0 Å². The molecule has 0 saturated carbocycles. The molecule has 1 heterocycles. The van der Waals surface area contributed by atoms with Crippen molar-refractivity contribution >= 4 is 28.6 Å². The zero-order valence-corrected chi connectivity index (χ0v) is 14.3. The van der Waals surface area contributed by atoms with Crippen molar-refractivity contribution in [3.05, 3.63) is 44.9 Å². The highest BCUT2D eigenvalue weighted by atomic mass is 35.5. The van der Waals surface area contributed by atoms with Gasteiger partial charge in [-0.25, -0.2) is 4.98 Å². The summed E-state index contributed by atoms with van der Waals surface area (Å²) in [6.45, 7) is 4.99. The summed E-state index contributed by atoms with van der Waals surface area (Å²) in [6.07, 6.45) is 1.79. The summed E-state index contributed by atoms with van der Waals surface area (Å²) in [5.74, 6) is 0. The fourth-order valence-electron chi connectivity index (χ4n) is 2.15. The average Bonchev–Trinajstić information content (AvgIpc) is 2.86. The number of aromatic nitrogens is 1. The Morgan fingerprint density at radius 3 is 2.76 bits per heavy atom. The number of nitrogens with zero attached hydrogens (tertiary/aromatic N) is 2. The first-order chi connectivity index (χ1) is 10.0. The lowest BCUT2D eigenvalue weighted by molar-refractivity contribution is 0.646. The summed E-state index contributed by atoms with van der Waals surface area (Å²) in [6, 6.07) is 6.39. The van der Waals surface area contributed by atoms with Crippen LogP contribution in [0.5, 0.6) is 0 Å². The van der Waals surface area contributed by atoms with Crippen LogP contribution in [0.4, 0.5) is 5.69 Å². The number of aryl methyl sites for hydroxylation is 1. The average molecular weight is 324 g/mol.